The van der Waals surface area contributed by atoms with Crippen LogP contribution in [0, 0.1) is 0 Å². The van der Waals surface area contributed by atoms with Crippen molar-refractivity contribution in [3.05, 3.63) is 51.4 Å². The van der Waals surface area contributed by atoms with Gasteiger partial charge in [0.2, 0.25) is 5.91 Å². The molecule has 0 heterocycles. The fourth-order valence-corrected chi connectivity index (χ4v) is 3.09. The highest BCUT2D eigenvalue weighted by atomic mass is 79.9. The molecule has 0 atom stereocenters. The summed E-state index contributed by atoms with van der Waals surface area (Å²) in [6.45, 7) is 0. The van der Waals surface area contributed by atoms with E-state index in [-0.39, 0.29) is 5.91 Å². The molecule has 0 aromatic heterocycles. The van der Waals surface area contributed by atoms with Gasteiger partial charge in [0.15, 0.2) is 0 Å². The van der Waals surface area contributed by atoms with E-state index in [0.717, 1.165) is 19.5 Å². The first kappa shape index (κ1) is 15.4. The summed E-state index contributed by atoms with van der Waals surface area (Å²) in [5.41, 5.74) is 7.32. The van der Waals surface area contributed by atoms with Crippen molar-refractivity contribution >= 4 is 60.9 Å². The fourth-order valence-electron chi connectivity index (χ4n) is 1.51. The number of hydrogen-bond acceptors (Lipinski definition) is 3. The molecular weight excluding hydrogens is 404 g/mol. The highest BCUT2D eigenvalue weighted by Crippen LogP contribution is 2.28. The molecule has 0 bridgehead atoms. The summed E-state index contributed by atoms with van der Waals surface area (Å²) in [6.07, 6.45) is 0. The van der Waals surface area contributed by atoms with Gasteiger partial charge in [-0.15, -0.1) is 11.8 Å². The molecule has 0 spiro atoms. The van der Waals surface area contributed by atoms with Crippen molar-refractivity contribution in [2.75, 3.05) is 16.8 Å². The maximum absolute atomic E-state index is 11.9. The van der Waals surface area contributed by atoms with Gasteiger partial charge >= 0.3 is 0 Å². The fraction of sp³-hybridized carbons (Fsp3) is 0.0714. The second kappa shape index (κ2) is 7.15. The van der Waals surface area contributed by atoms with Crippen molar-refractivity contribution in [2.24, 2.45) is 0 Å². The first-order chi connectivity index (χ1) is 9.54. The molecule has 3 nitrogen and oxygen atoms in total. The summed E-state index contributed by atoms with van der Waals surface area (Å²) in [7, 11) is 0. The van der Waals surface area contributed by atoms with Crippen molar-refractivity contribution in [1.29, 1.82) is 0 Å². The monoisotopic (exact) mass is 414 g/mol. The van der Waals surface area contributed by atoms with Crippen molar-refractivity contribution in [2.45, 2.75) is 4.90 Å². The van der Waals surface area contributed by atoms with Crippen molar-refractivity contribution in [3.63, 3.8) is 0 Å². The van der Waals surface area contributed by atoms with Gasteiger partial charge in [-0.1, -0.05) is 31.9 Å². The normalized spacial score (nSPS) is 10.3. The molecule has 0 saturated heterocycles. The summed E-state index contributed by atoms with van der Waals surface area (Å²) in [4.78, 5) is 12.8. The zero-order chi connectivity index (χ0) is 14.5. The van der Waals surface area contributed by atoms with Crippen LogP contribution >= 0.6 is 43.6 Å². The summed E-state index contributed by atoms with van der Waals surface area (Å²) in [6, 6.07) is 13.1. The Morgan fingerprint density at radius 1 is 1.10 bits per heavy atom. The van der Waals surface area contributed by atoms with Gasteiger partial charge < -0.3 is 11.1 Å². The van der Waals surface area contributed by atoms with Crippen molar-refractivity contribution in [1.82, 2.24) is 0 Å². The van der Waals surface area contributed by atoms with Gasteiger partial charge in [-0.25, -0.2) is 0 Å². The Bertz CT molecular complexity index is 617. The number of benzene rings is 2. The predicted molar refractivity (Wildman–Crippen MR) is 92.1 cm³/mol. The molecule has 0 aliphatic heterocycles. The van der Waals surface area contributed by atoms with E-state index in [0.29, 0.717) is 11.4 Å². The van der Waals surface area contributed by atoms with Gasteiger partial charge in [0.25, 0.3) is 0 Å². The summed E-state index contributed by atoms with van der Waals surface area (Å²) in [5, 5.41) is 2.84. The largest absolute Gasteiger partial charge is 0.398 e. The molecule has 1 amide bonds. The number of nitrogen functional groups attached to an aromatic ring is 1. The van der Waals surface area contributed by atoms with Gasteiger partial charge in [-0.05, 0) is 42.5 Å². The van der Waals surface area contributed by atoms with E-state index in [2.05, 4.69) is 37.2 Å². The molecule has 0 aliphatic rings. The standard InChI is InChI=1S/C14H12Br2N2OS/c15-9-1-4-11(5-2-9)18-14(19)8-20-13-7-10(16)3-6-12(13)17/h1-7H,8,17H2,(H,18,19). The van der Waals surface area contributed by atoms with Crippen LogP contribution in [0.15, 0.2) is 56.3 Å². The van der Waals surface area contributed by atoms with E-state index < -0.39 is 0 Å². The van der Waals surface area contributed by atoms with Gasteiger partial charge in [0.05, 0.1) is 5.75 Å². The zero-order valence-corrected chi connectivity index (χ0v) is 14.4. The quantitative estimate of drug-likeness (QED) is 0.569. The minimum Gasteiger partial charge on any atom is -0.398 e. The molecule has 2 rings (SSSR count). The number of hydrogen-bond donors (Lipinski definition) is 2. The van der Waals surface area contributed by atoms with E-state index in [1.807, 2.05) is 42.5 Å². The molecule has 0 saturated carbocycles. The first-order valence-electron chi connectivity index (χ1n) is 5.78. The number of nitrogens with two attached hydrogens (primary N) is 1. The second-order valence-corrected chi connectivity index (χ2v) is 6.87. The van der Waals surface area contributed by atoms with Gasteiger partial charge in [-0.2, -0.15) is 0 Å². The van der Waals surface area contributed by atoms with Crippen LogP contribution in [0.1, 0.15) is 0 Å². The zero-order valence-electron chi connectivity index (χ0n) is 10.4. The summed E-state index contributed by atoms with van der Waals surface area (Å²) < 4.78 is 1.93. The van der Waals surface area contributed by atoms with Crippen LogP contribution in [-0.2, 0) is 4.79 Å². The van der Waals surface area contributed by atoms with Gasteiger partial charge in [-0.3, -0.25) is 4.79 Å². The number of rotatable bonds is 4. The lowest BCUT2D eigenvalue weighted by Crippen LogP contribution is -2.14. The molecule has 0 radical (unpaired) electrons. The topological polar surface area (TPSA) is 55.1 Å². The smallest absolute Gasteiger partial charge is 0.234 e. The molecule has 0 unspecified atom stereocenters. The minimum absolute atomic E-state index is 0.0586. The van der Waals surface area contributed by atoms with Crippen LogP contribution in [0.4, 0.5) is 11.4 Å². The molecule has 6 heteroatoms. The Labute approximate surface area is 138 Å². The minimum atomic E-state index is -0.0586. The SMILES string of the molecule is Nc1ccc(Br)cc1SCC(=O)Nc1ccc(Br)cc1. The third kappa shape index (κ3) is 4.54. The predicted octanol–water partition coefficient (Wildman–Crippen LogP) is 4.52. The number of carbonyl (C=O) groups excluding carboxylic acids is 1. The molecule has 0 fully saturated rings. The average molecular weight is 416 g/mol. The maximum Gasteiger partial charge on any atom is 0.234 e. The van der Waals surface area contributed by atoms with Crippen LogP contribution in [0.2, 0.25) is 0 Å². The summed E-state index contributed by atoms with van der Waals surface area (Å²) >= 11 is 8.16. The van der Waals surface area contributed by atoms with E-state index in [1.165, 1.54) is 11.8 Å². The van der Waals surface area contributed by atoms with Crippen LogP contribution < -0.4 is 11.1 Å². The van der Waals surface area contributed by atoms with Crippen LogP contribution in [0.5, 0.6) is 0 Å². The van der Waals surface area contributed by atoms with E-state index >= 15 is 0 Å². The number of carbonyl (C=O) groups is 1. The lowest BCUT2D eigenvalue weighted by atomic mass is 10.3. The number of amides is 1. The lowest BCUT2D eigenvalue weighted by molar-refractivity contribution is -0.113. The van der Waals surface area contributed by atoms with Crippen LogP contribution in [-0.4, -0.2) is 11.7 Å². The lowest BCUT2D eigenvalue weighted by Gasteiger charge is -2.07. The number of thioether (sulfide) groups is 1. The third-order valence-electron chi connectivity index (χ3n) is 2.46. The average Bonchev–Trinajstić information content (AvgIpc) is 2.42. The molecule has 3 N–H and O–H groups in total. The Kier molecular flexibility index (Phi) is 5.51. The van der Waals surface area contributed by atoms with Gasteiger partial charge in [0, 0.05) is 25.2 Å². The van der Waals surface area contributed by atoms with E-state index in [1.54, 1.807) is 0 Å². The number of nitrogens with one attached hydrogen (secondary N) is 1. The highest BCUT2D eigenvalue weighted by molar-refractivity contribution is 9.10. The first-order valence-corrected chi connectivity index (χ1v) is 8.35. The Morgan fingerprint density at radius 3 is 2.45 bits per heavy atom. The van der Waals surface area contributed by atoms with Crippen molar-refractivity contribution in [3.8, 4) is 0 Å². The Morgan fingerprint density at radius 2 is 1.75 bits per heavy atom. The number of anilines is 2. The van der Waals surface area contributed by atoms with Crippen LogP contribution in [0.3, 0.4) is 0 Å². The Balaban J connectivity index is 1.92. The number of halogens is 2. The molecule has 2 aromatic carbocycles. The molecule has 104 valence electrons. The molecular formula is C14H12Br2N2OS. The summed E-state index contributed by atoms with van der Waals surface area (Å²) in [5.74, 6) is 0.258. The third-order valence-corrected chi connectivity index (χ3v) is 4.56. The molecule has 0 aliphatic carbocycles. The van der Waals surface area contributed by atoms with Crippen LogP contribution in [0.25, 0.3) is 0 Å². The maximum atomic E-state index is 11.9. The van der Waals surface area contributed by atoms with E-state index in [9.17, 15) is 4.79 Å². The second-order valence-electron chi connectivity index (χ2n) is 4.03. The van der Waals surface area contributed by atoms with Gasteiger partial charge in [0.1, 0.15) is 0 Å². The van der Waals surface area contributed by atoms with E-state index in [4.69, 9.17) is 5.73 Å². The van der Waals surface area contributed by atoms with Crippen molar-refractivity contribution < 1.29 is 4.79 Å². The molecule has 2 aromatic rings. The Hall–Kier alpha value is -0.980. The molecule has 20 heavy (non-hydrogen) atoms. The highest BCUT2D eigenvalue weighted by Gasteiger charge is 2.06.